The third-order valence-corrected chi connectivity index (χ3v) is 2.40. The highest BCUT2D eigenvalue weighted by Crippen LogP contribution is 2.07. The van der Waals surface area contributed by atoms with Gasteiger partial charge in [-0.05, 0) is 27.2 Å². The summed E-state index contributed by atoms with van der Waals surface area (Å²) in [6, 6.07) is -2.05. The average Bonchev–Trinajstić information content (AvgIpc) is 2.38. The van der Waals surface area contributed by atoms with Crippen LogP contribution in [-0.4, -0.2) is 54.5 Å². The number of nitrogens with one attached hydrogen (secondary N) is 2. The van der Waals surface area contributed by atoms with Crippen LogP contribution in [-0.2, 0) is 19.1 Å². The summed E-state index contributed by atoms with van der Waals surface area (Å²) in [4.78, 5) is 34.9. The van der Waals surface area contributed by atoms with Gasteiger partial charge in [-0.15, -0.1) is 0 Å². The molecular formula is C13H24N2O6. The van der Waals surface area contributed by atoms with Gasteiger partial charge in [-0.25, -0.2) is 9.59 Å². The van der Waals surface area contributed by atoms with E-state index in [-0.39, 0.29) is 0 Å². The molecule has 0 bridgehead atoms. The molecule has 21 heavy (non-hydrogen) atoms. The Kier molecular flexibility index (Phi) is 7.72. The van der Waals surface area contributed by atoms with Crippen molar-refractivity contribution in [3.63, 3.8) is 0 Å². The lowest BCUT2D eigenvalue weighted by atomic mass is 10.2. The van der Waals surface area contributed by atoms with Crippen molar-refractivity contribution in [2.45, 2.75) is 51.8 Å². The molecule has 0 aliphatic rings. The smallest absolute Gasteiger partial charge is 0.408 e. The quantitative estimate of drug-likeness (QED) is 0.592. The lowest BCUT2D eigenvalue weighted by Crippen LogP contribution is -2.53. The van der Waals surface area contributed by atoms with Crippen molar-refractivity contribution in [2.24, 2.45) is 0 Å². The third kappa shape index (κ3) is 7.50. The van der Waals surface area contributed by atoms with E-state index in [0.717, 1.165) is 7.11 Å². The van der Waals surface area contributed by atoms with Crippen LogP contribution in [0.15, 0.2) is 0 Å². The molecule has 0 saturated carbocycles. The summed E-state index contributed by atoms with van der Waals surface area (Å²) in [5, 5.41) is 13.7. The molecule has 0 spiro atoms. The molecule has 0 aromatic heterocycles. The summed E-state index contributed by atoms with van der Waals surface area (Å²) in [6.07, 6.45) is -0.437. The van der Waals surface area contributed by atoms with Gasteiger partial charge in [0.2, 0.25) is 5.91 Å². The van der Waals surface area contributed by atoms with Crippen molar-refractivity contribution >= 4 is 18.0 Å². The van der Waals surface area contributed by atoms with Crippen LogP contribution in [0, 0.1) is 0 Å². The lowest BCUT2D eigenvalue weighted by molar-refractivity contribution is -0.146. The van der Waals surface area contributed by atoms with E-state index in [1.807, 2.05) is 0 Å². The molecule has 122 valence electrons. The molecule has 0 aromatic rings. The van der Waals surface area contributed by atoms with Gasteiger partial charge in [-0.1, -0.05) is 6.92 Å². The molecule has 0 aliphatic heterocycles. The second kappa shape index (κ2) is 8.46. The molecule has 2 atom stereocenters. The highest BCUT2D eigenvalue weighted by molar-refractivity contribution is 5.89. The van der Waals surface area contributed by atoms with Gasteiger partial charge in [-0.3, -0.25) is 4.79 Å². The summed E-state index contributed by atoms with van der Waals surface area (Å²) in [6.45, 7) is 6.20. The first-order valence-electron chi connectivity index (χ1n) is 6.63. The molecule has 0 aliphatic carbocycles. The Hall–Kier alpha value is -1.83. The number of aliphatic hydroxyl groups is 1. The molecule has 0 heterocycles. The summed E-state index contributed by atoms with van der Waals surface area (Å²) < 4.78 is 9.49. The van der Waals surface area contributed by atoms with Crippen molar-refractivity contribution in [3.8, 4) is 0 Å². The molecule has 1 unspecified atom stereocenters. The lowest BCUT2D eigenvalue weighted by Gasteiger charge is -2.23. The zero-order valence-electron chi connectivity index (χ0n) is 13.1. The number of methoxy groups -OCH3 is 1. The van der Waals surface area contributed by atoms with Crippen molar-refractivity contribution < 1.29 is 29.0 Å². The van der Waals surface area contributed by atoms with Crippen molar-refractivity contribution in [3.05, 3.63) is 0 Å². The van der Waals surface area contributed by atoms with Gasteiger partial charge in [0, 0.05) is 0 Å². The SMILES string of the molecule is CC[C@H](NC(=O)OC(C)(C)C)C(=O)NC(CO)C(=O)OC. The molecule has 0 aromatic carbocycles. The minimum Gasteiger partial charge on any atom is -0.467 e. The number of hydrogen-bond donors (Lipinski definition) is 3. The molecule has 8 nitrogen and oxygen atoms in total. The van der Waals surface area contributed by atoms with E-state index in [1.165, 1.54) is 0 Å². The van der Waals surface area contributed by atoms with Crippen LogP contribution in [0.25, 0.3) is 0 Å². The van der Waals surface area contributed by atoms with Gasteiger partial charge < -0.3 is 25.2 Å². The van der Waals surface area contributed by atoms with Gasteiger partial charge in [0.1, 0.15) is 11.6 Å². The molecule has 3 N–H and O–H groups in total. The van der Waals surface area contributed by atoms with Crippen LogP contribution in [0.3, 0.4) is 0 Å². The highest BCUT2D eigenvalue weighted by atomic mass is 16.6. The Labute approximate surface area is 124 Å². The zero-order chi connectivity index (χ0) is 16.6. The predicted octanol–water partition coefficient (Wildman–Crippen LogP) is -0.0602. The number of aliphatic hydroxyl groups excluding tert-OH is 1. The minimum absolute atomic E-state index is 0.296. The van der Waals surface area contributed by atoms with E-state index in [9.17, 15) is 14.4 Å². The van der Waals surface area contributed by atoms with Crippen molar-refractivity contribution in [1.29, 1.82) is 0 Å². The van der Waals surface area contributed by atoms with Crippen molar-refractivity contribution in [2.75, 3.05) is 13.7 Å². The minimum atomic E-state index is -1.17. The number of carbonyl (C=O) groups is 3. The van der Waals surface area contributed by atoms with Crippen LogP contribution in [0.1, 0.15) is 34.1 Å². The second-order valence-corrected chi connectivity index (χ2v) is 5.37. The fraction of sp³-hybridized carbons (Fsp3) is 0.769. The molecule has 0 fully saturated rings. The van der Waals surface area contributed by atoms with E-state index in [2.05, 4.69) is 15.4 Å². The summed E-state index contributed by atoms with van der Waals surface area (Å²) in [5.41, 5.74) is -0.682. The molecule has 8 heteroatoms. The Balaban J connectivity index is 4.62. The predicted molar refractivity (Wildman–Crippen MR) is 74.5 cm³/mol. The third-order valence-electron chi connectivity index (χ3n) is 2.40. The first-order chi connectivity index (χ1) is 9.64. The highest BCUT2D eigenvalue weighted by Gasteiger charge is 2.27. The van der Waals surface area contributed by atoms with E-state index in [1.54, 1.807) is 27.7 Å². The molecule has 0 saturated heterocycles. The Bertz CT molecular complexity index is 377. The first-order valence-corrected chi connectivity index (χ1v) is 6.63. The number of hydrogen-bond acceptors (Lipinski definition) is 6. The Morgan fingerprint density at radius 2 is 1.71 bits per heavy atom. The maximum atomic E-state index is 12.0. The molecular weight excluding hydrogens is 280 g/mol. The monoisotopic (exact) mass is 304 g/mol. The number of amides is 2. The first kappa shape index (κ1) is 19.2. The summed E-state index contributed by atoms with van der Waals surface area (Å²) >= 11 is 0. The van der Waals surface area contributed by atoms with Gasteiger partial charge in [-0.2, -0.15) is 0 Å². The number of rotatable bonds is 6. The normalized spacial score (nSPS) is 13.8. The van der Waals surface area contributed by atoms with Gasteiger partial charge in [0.15, 0.2) is 6.04 Å². The largest absolute Gasteiger partial charge is 0.467 e. The van der Waals surface area contributed by atoms with E-state index >= 15 is 0 Å². The van der Waals surface area contributed by atoms with E-state index in [0.29, 0.717) is 6.42 Å². The maximum absolute atomic E-state index is 12.0. The zero-order valence-corrected chi connectivity index (χ0v) is 13.1. The average molecular weight is 304 g/mol. The van der Waals surface area contributed by atoms with Crippen LogP contribution < -0.4 is 10.6 Å². The number of alkyl carbamates (subject to hydrolysis) is 1. The number of ether oxygens (including phenoxy) is 2. The van der Waals surface area contributed by atoms with Gasteiger partial charge in [0.25, 0.3) is 0 Å². The Morgan fingerprint density at radius 3 is 2.10 bits per heavy atom. The standard InChI is InChI=1S/C13H24N2O6/c1-6-8(15-12(19)21-13(2,3)4)10(17)14-9(7-16)11(18)20-5/h8-9,16H,6-7H2,1-5H3,(H,14,17)(H,15,19)/t8-,9?/m0/s1. The topological polar surface area (TPSA) is 114 Å². The molecule has 2 amide bonds. The van der Waals surface area contributed by atoms with E-state index in [4.69, 9.17) is 9.84 Å². The van der Waals surface area contributed by atoms with E-state index < -0.39 is 42.3 Å². The summed E-state index contributed by atoms with van der Waals surface area (Å²) in [7, 11) is 1.15. The van der Waals surface area contributed by atoms with Crippen LogP contribution >= 0.6 is 0 Å². The molecule has 0 radical (unpaired) electrons. The fourth-order valence-electron chi connectivity index (χ4n) is 1.40. The van der Waals surface area contributed by atoms with Crippen LogP contribution in [0.4, 0.5) is 4.79 Å². The van der Waals surface area contributed by atoms with Crippen molar-refractivity contribution in [1.82, 2.24) is 10.6 Å². The number of carbonyl (C=O) groups excluding carboxylic acids is 3. The molecule has 0 rings (SSSR count). The van der Waals surface area contributed by atoms with Gasteiger partial charge in [0.05, 0.1) is 13.7 Å². The second-order valence-electron chi connectivity index (χ2n) is 5.37. The Morgan fingerprint density at radius 1 is 1.14 bits per heavy atom. The van der Waals surface area contributed by atoms with Crippen LogP contribution in [0.5, 0.6) is 0 Å². The number of esters is 1. The summed E-state index contributed by atoms with van der Waals surface area (Å²) in [5.74, 6) is -1.37. The fourth-order valence-corrected chi connectivity index (χ4v) is 1.40. The van der Waals surface area contributed by atoms with Gasteiger partial charge >= 0.3 is 12.1 Å². The van der Waals surface area contributed by atoms with Crippen LogP contribution in [0.2, 0.25) is 0 Å². The maximum Gasteiger partial charge on any atom is 0.408 e.